The largest absolute Gasteiger partial charge is 0.494 e. The van der Waals surface area contributed by atoms with E-state index >= 15 is 0 Å². The van der Waals surface area contributed by atoms with Gasteiger partial charge in [0, 0.05) is 11.8 Å². The van der Waals surface area contributed by atoms with Crippen LogP contribution in [0.4, 0.5) is 0 Å². The van der Waals surface area contributed by atoms with Gasteiger partial charge in [-0.3, -0.25) is 9.59 Å². The van der Waals surface area contributed by atoms with Crippen LogP contribution in [0.1, 0.15) is 16.1 Å². The number of aromatic nitrogens is 1. The molecule has 0 aliphatic heterocycles. The van der Waals surface area contributed by atoms with Crippen LogP contribution in [0.3, 0.4) is 0 Å². The highest BCUT2D eigenvalue weighted by Gasteiger charge is 2.26. The summed E-state index contributed by atoms with van der Waals surface area (Å²) in [4.78, 5) is 27.3. The van der Waals surface area contributed by atoms with Crippen molar-refractivity contribution in [1.82, 2.24) is 10.3 Å². The Labute approximate surface area is 151 Å². The maximum Gasteiger partial charge on any atom is 0.325 e. The predicted octanol–water partition coefficient (Wildman–Crippen LogP) is 1.13. The molecule has 0 unspecified atom stereocenters. The highest BCUT2D eigenvalue weighted by molar-refractivity contribution is 7.91. The van der Waals surface area contributed by atoms with Crippen LogP contribution in [-0.2, 0) is 19.4 Å². The van der Waals surface area contributed by atoms with Crippen LogP contribution in [0.15, 0.2) is 46.3 Å². The molecule has 1 heterocycles. The summed E-state index contributed by atoms with van der Waals surface area (Å²) in [7, 11) is -1.32. The first-order chi connectivity index (χ1) is 12.3. The second-order valence-electron chi connectivity index (χ2n) is 5.20. The van der Waals surface area contributed by atoms with Gasteiger partial charge in [0.05, 0.1) is 24.0 Å². The van der Waals surface area contributed by atoms with Gasteiger partial charge in [-0.05, 0) is 19.1 Å². The SMILES string of the molecule is COC(=O)CNC(=O)c1ncc(S(=O)(=O)c2ccccc2)c(C)c1OC. The summed E-state index contributed by atoms with van der Waals surface area (Å²) in [6.07, 6.45) is 1.10. The van der Waals surface area contributed by atoms with Crippen molar-refractivity contribution in [1.29, 1.82) is 0 Å². The molecule has 1 aromatic heterocycles. The minimum absolute atomic E-state index is 0.0179. The van der Waals surface area contributed by atoms with Crippen LogP contribution in [0.5, 0.6) is 5.75 Å². The molecule has 0 radical (unpaired) electrons. The van der Waals surface area contributed by atoms with Gasteiger partial charge in [0.2, 0.25) is 9.84 Å². The molecule has 9 heteroatoms. The molecule has 138 valence electrons. The molecule has 0 aliphatic carbocycles. The van der Waals surface area contributed by atoms with Crippen LogP contribution < -0.4 is 10.1 Å². The van der Waals surface area contributed by atoms with Crippen molar-refractivity contribution in [2.24, 2.45) is 0 Å². The molecule has 0 aliphatic rings. The lowest BCUT2D eigenvalue weighted by molar-refractivity contribution is -0.139. The van der Waals surface area contributed by atoms with Gasteiger partial charge in [-0.25, -0.2) is 13.4 Å². The summed E-state index contributed by atoms with van der Waals surface area (Å²) >= 11 is 0. The molecule has 2 aromatic rings. The number of hydrogen-bond acceptors (Lipinski definition) is 7. The number of hydrogen-bond donors (Lipinski definition) is 1. The zero-order valence-corrected chi connectivity index (χ0v) is 15.3. The number of nitrogens with zero attached hydrogens (tertiary/aromatic N) is 1. The topological polar surface area (TPSA) is 112 Å². The van der Waals surface area contributed by atoms with Crippen molar-refractivity contribution in [3.05, 3.63) is 47.8 Å². The van der Waals surface area contributed by atoms with Gasteiger partial charge < -0.3 is 14.8 Å². The van der Waals surface area contributed by atoms with Crippen molar-refractivity contribution in [3.8, 4) is 5.75 Å². The zero-order chi connectivity index (χ0) is 19.3. The Morgan fingerprint density at radius 2 is 1.81 bits per heavy atom. The molecule has 0 spiro atoms. The highest BCUT2D eigenvalue weighted by Crippen LogP contribution is 2.31. The van der Waals surface area contributed by atoms with E-state index in [9.17, 15) is 18.0 Å². The fourth-order valence-electron chi connectivity index (χ4n) is 2.29. The van der Waals surface area contributed by atoms with E-state index in [1.807, 2.05) is 0 Å². The van der Waals surface area contributed by atoms with E-state index in [0.29, 0.717) is 0 Å². The molecule has 1 amide bonds. The van der Waals surface area contributed by atoms with Crippen LogP contribution in [-0.4, -0.2) is 46.0 Å². The number of carbonyl (C=O) groups is 2. The van der Waals surface area contributed by atoms with Gasteiger partial charge in [0.25, 0.3) is 5.91 Å². The normalized spacial score (nSPS) is 10.9. The summed E-state index contributed by atoms with van der Waals surface area (Å²) in [5.74, 6) is -1.29. The van der Waals surface area contributed by atoms with Gasteiger partial charge in [-0.2, -0.15) is 0 Å². The van der Waals surface area contributed by atoms with Crippen molar-refractivity contribution in [2.75, 3.05) is 20.8 Å². The number of rotatable bonds is 6. The third-order valence-corrected chi connectivity index (χ3v) is 5.50. The Morgan fingerprint density at radius 3 is 2.38 bits per heavy atom. The lowest BCUT2D eigenvalue weighted by Gasteiger charge is -2.14. The fourth-order valence-corrected chi connectivity index (χ4v) is 3.74. The lowest BCUT2D eigenvalue weighted by Crippen LogP contribution is -2.31. The second-order valence-corrected chi connectivity index (χ2v) is 7.12. The number of methoxy groups -OCH3 is 2. The molecule has 0 saturated carbocycles. The first kappa shape index (κ1) is 19.4. The molecule has 0 atom stereocenters. The Hall–Kier alpha value is -2.94. The van der Waals surface area contributed by atoms with E-state index in [1.54, 1.807) is 18.2 Å². The van der Waals surface area contributed by atoms with Crippen LogP contribution in [0.25, 0.3) is 0 Å². The number of carbonyl (C=O) groups excluding carboxylic acids is 2. The molecule has 26 heavy (non-hydrogen) atoms. The summed E-state index contributed by atoms with van der Waals surface area (Å²) in [5.41, 5.74) is 0.121. The summed E-state index contributed by atoms with van der Waals surface area (Å²) in [6.45, 7) is 1.18. The molecule has 1 aromatic carbocycles. The quantitative estimate of drug-likeness (QED) is 0.750. The van der Waals surface area contributed by atoms with Crippen molar-refractivity contribution >= 4 is 21.7 Å². The summed E-state index contributed by atoms with van der Waals surface area (Å²) in [6, 6.07) is 7.87. The first-order valence-electron chi connectivity index (χ1n) is 7.51. The van der Waals surface area contributed by atoms with E-state index in [4.69, 9.17) is 4.74 Å². The number of benzene rings is 1. The second kappa shape index (κ2) is 7.96. The number of amides is 1. The van der Waals surface area contributed by atoms with Crippen LogP contribution >= 0.6 is 0 Å². The van der Waals surface area contributed by atoms with Crippen LogP contribution in [0, 0.1) is 6.92 Å². The molecule has 0 saturated heterocycles. The number of sulfone groups is 1. The molecular weight excluding hydrogens is 360 g/mol. The van der Waals surface area contributed by atoms with Gasteiger partial charge in [-0.1, -0.05) is 18.2 Å². The van der Waals surface area contributed by atoms with Gasteiger partial charge in [-0.15, -0.1) is 0 Å². The molecule has 1 N–H and O–H groups in total. The average molecular weight is 378 g/mol. The molecule has 2 rings (SSSR count). The Kier molecular flexibility index (Phi) is 5.93. The van der Waals surface area contributed by atoms with E-state index in [2.05, 4.69) is 15.0 Å². The van der Waals surface area contributed by atoms with Gasteiger partial charge >= 0.3 is 5.97 Å². The number of nitrogens with one attached hydrogen (secondary N) is 1. The number of esters is 1. The molecule has 0 fully saturated rings. The van der Waals surface area contributed by atoms with Crippen molar-refractivity contribution < 1.29 is 27.5 Å². The zero-order valence-electron chi connectivity index (χ0n) is 14.5. The first-order valence-corrected chi connectivity index (χ1v) is 9.00. The maximum atomic E-state index is 12.8. The smallest absolute Gasteiger partial charge is 0.325 e. The van der Waals surface area contributed by atoms with E-state index < -0.39 is 21.7 Å². The van der Waals surface area contributed by atoms with Crippen molar-refractivity contribution in [3.63, 3.8) is 0 Å². The summed E-state index contributed by atoms with van der Waals surface area (Å²) in [5, 5.41) is 2.34. The minimum atomic E-state index is -3.82. The highest BCUT2D eigenvalue weighted by atomic mass is 32.2. The van der Waals surface area contributed by atoms with Crippen molar-refractivity contribution in [2.45, 2.75) is 16.7 Å². The van der Waals surface area contributed by atoms with Gasteiger partial charge in [0.1, 0.15) is 6.54 Å². The number of pyridine rings is 1. The Morgan fingerprint density at radius 1 is 1.15 bits per heavy atom. The lowest BCUT2D eigenvalue weighted by atomic mass is 10.2. The monoisotopic (exact) mass is 378 g/mol. The van der Waals surface area contributed by atoms with E-state index in [-0.39, 0.29) is 33.3 Å². The standard InChI is InChI=1S/C17H18N2O6S/c1-11-13(26(22,23)12-7-5-4-6-8-12)9-18-15(16(11)25-3)17(21)19-10-14(20)24-2/h4-9H,10H2,1-3H3,(H,19,21). The number of ether oxygens (including phenoxy) is 2. The van der Waals surface area contributed by atoms with Crippen LogP contribution in [0.2, 0.25) is 0 Å². The summed E-state index contributed by atoms with van der Waals surface area (Å²) < 4.78 is 35.2. The van der Waals surface area contributed by atoms with Gasteiger partial charge in [0.15, 0.2) is 11.4 Å². The van der Waals surface area contributed by atoms with E-state index in [0.717, 1.165) is 6.20 Å². The van der Waals surface area contributed by atoms with E-state index in [1.165, 1.54) is 33.3 Å². The fraction of sp³-hybridized carbons (Fsp3) is 0.235. The minimum Gasteiger partial charge on any atom is -0.494 e. The average Bonchev–Trinajstić information content (AvgIpc) is 2.65. The molecule has 0 bridgehead atoms. The third kappa shape index (κ3) is 3.83. The maximum absolute atomic E-state index is 12.8. The molecule has 8 nitrogen and oxygen atoms in total. The molecular formula is C17H18N2O6S. The Bertz CT molecular complexity index is 926. The predicted molar refractivity (Wildman–Crippen MR) is 91.8 cm³/mol. The Balaban J connectivity index is 2.45. The third-order valence-electron chi connectivity index (χ3n) is 3.62.